The maximum atomic E-state index is 13.7. The van der Waals surface area contributed by atoms with Gasteiger partial charge in [0.2, 0.25) is 15.0 Å². The standard InChI is InChI=1S/C26H20ClN5O13S4.3K/c1-10-21(27)25(32-26(29-10)46(2,35)36)31-14-7-13(16(47(37,38)39)9-17(14)48(40,41)42)30-15-8-18(49(43,44)45)22(28)20-19(15)23(33)11-5-3-4-6-12(11)24(20)34;;;/h3-9,30H,28H2,1-2H3,(H,29,31,32)(H,37,38,39)(H,40,41,42)(H,43,44,45);;;/q;3*+1/p-3. The second kappa shape index (κ2) is 17.5. The molecule has 1 aromatic heterocycles. The van der Waals surface area contributed by atoms with E-state index in [0.717, 1.165) is 6.26 Å². The van der Waals surface area contributed by atoms with E-state index in [9.17, 15) is 56.9 Å². The van der Waals surface area contributed by atoms with Crippen molar-refractivity contribution in [3.8, 4) is 0 Å². The van der Waals surface area contributed by atoms with E-state index in [2.05, 4.69) is 20.6 Å². The van der Waals surface area contributed by atoms with E-state index < -0.39 is 116 Å². The van der Waals surface area contributed by atoms with Gasteiger partial charge in [0.15, 0.2) is 17.4 Å². The summed E-state index contributed by atoms with van der Waals surface area (Å²) >= 11 is 6.19. The van der Waals surface area contributed by atoms with Crippen LogP contribution < -0.4 is 171 Å². The number of nitrogens with zero attached hydrogens (tertiary/aromatic N) is 2. The van der Waals surface area contributed by atoms with Gasteiger partial charge < -0.3 is 30.0 Å². The number of nitrogens with two attached hydrogens (primary N) is 1. The Morgan fingerprint density at radius 3 is 1.60 bits per heavy atom. The fraction of sp³-hybridized carbons (Fsp3) is 0.0769. The molecule has 4 aromatic rings. The normalized spacial score (nSPS) is 12.7. The Morgan fingerprint density at radius 1 is 0.673 bits per heavy atom. The van der Waals surface area contributed by atoms with Crippen molar-refractivity contribution < 1.29 is 211 Å². The zero-order chi connectivity index (χ0) is 36.6. The Hall–Kier alpha value is 0.359. The number of sulfone groups is 1. The number of aromatic nitrogens is 2. The van der Waals surface area contributed by atoms with Crippen molar-refractivity contribution >= 4 is 91.9 Å². The van der Waals surface area contributed by atoms with E-state index in [1.54, 1.807) is 0 Å². The smallest absolute Gasteiger partial charge is 0.744 e. The Kier molecular flexibility index (Phi) is 16.3. The minimum atomic E-state index is -5.74. The van der Waals surface area contributed by atoms with Gasteiger partial charge in [0.25, 0.3) is 0 Å². The number of benzene rings is 3. The molecule has 0 aliphatic heterocycles. The van der Waals surface area contributed by atoms with Crippen LogP contribution in [0.2, 0.25) is 5.02 Å². The van der Waals surface area contributed by atoms with Gasteiger partial charge in [-0.3, -0.25) is 9.59 Å². The average Bonchev–Trinajstić information content (AvgIpc) is 2.96. The number of fused-ring (bicyclic) bond motifs is 2. The molecular weight excluding hydrogens is 871 g/mol. The first-order chi connectivity index (χ1) is 22.4. The Bertz CT molecular complexity index is 2650. The third-order valence-corrected chi connectivity index (χ3v) is 10.9. The minimum Gasteiger partial charge on any atom is -0.744 e. The number of hydrogen-bond donors (Lipinski definition) is 3. The minimum absolute atomic E-state index is 0. The number of nitrogens with one attached hydrogen (secondary N) is 2. The molecule has 1 aliphatic carbocycles. The molecule has 258 valence electrons. The van der Waals surface area contributed by atoms with Crippen LogP contribution in [0, 0.1) is 6.92 Å². The van der Waals surface area contributed by atoms with Gasteiger partial charge in [-0.25, -0.2) is 38.7 Å². The summed E-state index contributed by atoms with van der Waals surface area (Å²) < 4.78 is 135. The van der Waals surface area contributed by atoms with Crippen LogP contribution in [0.5, 0.6) is 0 Å². The van der Waals surface area contributed by atoms with E-state index in [-0.39, 0.29) is 177 Å². The van der Waals surface area contributed by atoms with Crippen molar-refractivity contribution in [2.75, 3.05) is 22.6 Å². The van der Waals surface area contributed by atoms with E-state index in [1.165, 1.54) is 31.2 Å². The Balaban J connectivity index is 0.00000312. The summed E-state index contributed by atoms with van der Waals surface area (Å²) in [5.41, 5.74) is 0.445. The summed E-state index contributed by atoms with van der Waals surface area (Å²) in [6, 6.07) is 6.37. The molecule has 1 aliphatic rings. The molecular formula is C26H17ClK3N5O13S4. The van der Waals surface area contributed by atoms with Crippen molar-refractivity contribution in [2.45, 2.75) is 26.8 Å². The summed E-state index contributed by atoms with van der Waals surface area (Å²) in [6.45, 7) is 1.25. The molecule has 0 atom stereocenters. The summed E-state index contributed by atoms with van der Waals surface area (Å²) in [5.74, 6) is -2.57. The summed E-state index contributed by atoms with van der Waals surface area (Å²) in [5, 5.41) is 3.38. The number of aryl methyl sites for hydroxylation is 1. The maximum absolute atomic E-state index is 13.7. The first-order valence-electron chi connectivity index (χ1n) is 12.9. The first kappa shape index (κ1) is 48.5. The van der Waals surface area contributed by atoms with Gasteiger partial charge in [0.1, 0.15) is 35.4 Å². The van der Waals surface area contributed by atoms with Crippen molar-refractivity contribution in [2.24, 2.45) is 0 Å². The average molecular weight is 888 g/mol. The van der Waals surface area contributed by atoms with Crippen molar-refractivity contribution in [1.82, 2.24) is 9.97 Å². The number of rotatable bonds is 8. The molecule has 0 radical (unpaired) electrons. The van der Waals surface area contributed by atoms with Crippen molar-refractivity contribution in [1.29, 1.82) is 0 Å². The quantitative estimate of drug-likeness (QED) is 0.0564. The Morgan fingerprint density at radius 2 is 1.13 bits per heavy atom. The predicted octanol–water partition coefficient (Wildman–Crippen LogP) is -7.59. The van der Waals surface area contributed by atoms with Gasteiger partial charge in [-0.05, 0) is 25.1 Å². The van der Waals surface area contributed by atoms with Gasteiger partial charge in [-0.15, -0.1) is 0 Å². The molecule has 5 rings (SSSR count). The SMILES string of the molecule is Cc1nc(S(C)(=O)=O)nc(Nc2cc(Nc3cc(S(=O)(=O)[O-])c(N)c4c3C(=O)c3ccccc3C4=O)c(S(=O)(=O)[O-])cc2S(=O)(=O)[O-])c1Cl.[K+].[K+].[K+]. The van der Waals surface area contributed by atoms with Crippen LogP contribution in [0.4, 0.5) is 28.6 Å². The zero-order valence-electron chi connectivity index (χ0n) is 27.3. The Labute approximate surface area is 429 Å². The molecule has 0 bridgehead atoms. The van der Waals surface area contributed by atoms with Crippen LogP contribution in [-0.2, 0) is 40.2 Å². The summed E-state index contributed by atoms with van der Waals surface area (Å²) in [7, 11) is -21.0. The number of nitrogen functional groups attached to an aromatic ring is 1. The van der Waals surface area contributed by atoms with Crippen molar-refractivity contribution in [3.05, 3.63) is 75.4 Å². The van der Waals surface area contributed by atoms with Crippen LogP contribution in [0.1, 0.15) is 37.5 Å². The van der Waals surface area contributed by atoms with Crippen LogP contribution in [0.3, 0.4) is 0 Å². The zero-order valence-corrected chi connectivity index (χ0v) is 40.7. The molecule has 1 heterocycles. The fourth-order valence-corrected chi connectivity index (χ4v) is 7.51. The number of halogens is 1. The van der Waals surface area contributed by atoms with Crippen LogP contribution in [0.15, 0.2) is 62.3 Å². The molecule has 0 amide bonds. The first-order valence-corrected chi connectivity index (χ1v) is 19.4. The number of ketones is 2. The maximum Gasteiger partial charge on any atom is 1.00 e. The predicted molar refractivity (Wildman–Crippen MR) is 166 cm³/mol. The van der Waals surface area contributed by atoms with Crippen molar-refractivity contribution in [3.63, 3.8) is 0 Å². The van der Waals surface area contributed by atoms with Gasteiger partial charge in [-0.1, -0.05) is 35.9 Å². The molecule has 52 heavy (non-hydrogen) atoms. The second-order valence-electron chi connectivity index (χ2n) is 10.3. The topological polar surface area (TPSA) is 316 Å². The fourth-order valence-electron chi connectivity index (χ4n) is 4.82. The third kappa shape index (κ3) is 9.89. The monoisotopic (exact) mass is 887 g/mol. The number of hydrogen-bond acceptors (Lipinski definition) is 18. The number of anilines is 5. The van der Waals surface area contributed by atoms with E-state index in [1.807, 2.05) is 0 Å². The molecule has 26 heteroatoms. The molecule has 0 fully saturated rings. The molecule has 3 aromatic carbocycles. The van der Waals surface area contributed by atoms with Gasteiger partial charge >= 0.3 is 154 Å². The molecule has 0 saturated heterocycles. The van der Waals surface area contributed by atoms with Crippen LogP contribution >= 0.6 is 11.6 Å². The van der Waals surface area contributed by atoms with E-state index in [0.29, 0.717) is 12.1 Å². The molecule has 4 N–H and O–H groups in total. The third-order valence-electron chi connectivity index (χ3n) is 6.94. The second-order valence-corrected chi connectivity index (χ2v) is 16.6. The molecule has 18 nitrogen and oxygen atoms in total. The summed E-state index contributed by atoms with van der Waals surface area (Å²) in [4.78, 5) is 30.5. The number of carbonyl (C=O) groups is 2. The van der Waals surface area contributed by atoms with E-state index >= 15 is 0 Å². The van der Waals surface area contributed by atoms with Gasteiger partial charge in [0, 0.05) is 17.4 Å². The van der Waals surface area contributed by atoms with Crippen LogP contribution in [-0.4, -0.2) is 75.1 Å². The molecule has 0 saturated carbocycles. The largest absolute Gasteiger partial charge is 1.00 e. The van der Waals surface area contributed by atoms with Gasteiger partial charge in [-0.2, -0.15) is 4.98 Å². The molecule has 0 unspecified atom stereocenters. The van der Waals surface area contributed by atoms with Gasteiger partial charge in [0.05, 0.1) is 54.3 Å². The van der Waals surface area contributed by atoms with E-state index in [4.69, 9.17) is 17.3 Å². The summed E-state index contributed by atoms with van der Waals surface area (Å²) in [6.07, 6.45) is 0.733. The van der Waals surface area contributed by atoms with Crippen LogP contribution in [0.25, 0.3) is 0 Å². The number of carbonyl (C=O) groups excluding carboxylic acids is 2. The molecule has 0 spiro atoms.